The van der Waals surface area contributed by atoms with E-state index in [1.54, 1.807) is 18.5 Å². The van der Waals surface area contributed by atoms with Crippen molar-refractivity contribution in [3.8, 4) is 0 Å². The van der Waals surface area contributed by atoms with Gasteiger partial charge < -0.3 is 10.3 Å². The number of imidazole rings is 1. The van der Waals surface area contributed by atoms with Crippen molar-refractivity contribution in [2.24, 2.45) is 0 Å². The van der Waals surface area contributed by atoms with E-state index in [0.717, 1.165) is 0 Å². The van der Waals surface area contributed by atoms with Crippen molar-refractivity contribution >= 4 is 29.3 Å². The summed E-state index contributed by atoms with van der Waals surface area (Å²) in [6.45, 7) is 2.65. The van der Waals surface area contributed by atoms with Crippen molar-refractivity contribution in [2.45, 2.75) is 6.92 Å². The number of hydrogen-bond donors (Lipinski definition) is 3. The van der Waals surface area contributed by atoms with E-state index in [4.69, 9.17) is 11.6 Å². The van der Waals surface area contributed by atoms with E-state index in [1.165, 1.54) is 6.20 Å². The van der Waals surface area contributed by atoms with E-state index < -0.39 is 0 Å². The van der Waals surface area contributed by atoms with E-state index in [1.807, 2.05) is 6.92 Å². The van der Waals surface area contributed by atoms with Crippen LogP contribution in [-0.2, 0) is 0 Å². The first-order valence-corrected chi connectivity index (χ1v) is 5.78. The van der Waals surface area contributed by atoms with Crippen LogP contribution in [0.15, 0.2) is 24.7 Å². The first-order valence-electron chi connectivity index (χ1n) is 5.41. The second kappa shape index (κ2) is 5.50. The molecule has 0 bridgehead atoms. The average molecular weight is 266 g/mol. The molecule has 0 spiro atoms. The highest BCUT2D eigenvalue weighted by Crippen LogP contribution is 2.20. The third kappa shape index (κ3) is 2.78. The number of nitrogens with one attached hydrogen (secondary N) is 3. The van der Waals surface area contributed by atoms with E-state index >= 15 is 0 Å². The van der Waals surface area contributed by atoms with Gasteiger partial charge in [-0.3, -0.25) is 10.1 Å². The van der Waals surface area contributed by atoms with Gasteiger partial charge in [0.15, 0.2) is 0 Å². The molecule has 0 atom stereocenters. The Labute approximate surface area is 109 Å². The summed E-state index contributed by atoms with van der Waals surface area (Å²) in [5, 5.41) is 5.99. The summed E-state index contributed by atoms with van der Waals surface area (Å²) in [6.07, 6.45) is 4.63. The predicted octanol–water partition coefficient (Wildman–Crippen LogP) is 2.14. The minimum absolute atomic E-state index is 0.317. The molecule has 6 nitrogen and oxygen atoms in total. The fraction of sp³-hybridized carbons (Fsp3) is 0.182. The number of hydrogen-bond acceptors (Lipinski definition) is 4. The average Bonchev–Trinajstić information content (AvgIpc) is 2.84. The summed E-state index contributed by atoms with van der Waals surface area (Å²) in [5.74, 6) is 0.628. The fourth-order valence-corrected chi connectivity index (χ4v) is 1.61. The summed E-state index contributed by atoms with van der Waals surface area (Å²) < 4.78 is 0. The van der Waals surface area contributed by atoms with Gasteiger partial charge in [0.05, 0.1) is 10.6 Å². The van der Waals surface area contributed by atoms with Gasteiger partial charge in [0.25, 0.3) is 5.91 Å². The lowest BCUT2D eigenvalue weighted by Crippen LogP contribution is -2.13. The molecule has 0 saturated heterocycles. The number of carbonyl (C=O) groups is 1. The lowest BCUT2D eigenvalue weighted by atomic mass is 10.2. The van der Waals surface area contributed by atoms with Crippen LogP contribution in [0.3, 0.4) is 0 Å². The van der Waals surface area contributed by atoms with Crippen molar-refractivity contribution in [3.05, 3.63) is 35.2 Å². The highest BCUT2D eigenvalue weighted by molar-refractivity contribution is 6.33. The van der Waals surface area contributed by atoms with Crippen LogP contribution in [0.2, 0.25) is 5.02 Å². The Kier molecular flexibility index (Phi) is 3.78. The zero-order chi connectivity index (χ0) is 13.0. The molecule has 0 aliphatic heterocycles. The molecular formula is C11H12ClN5O. The van der Waals surface area contributed by atoms with Gasteiger partial charge in [0.2, 0.25) is 5.95 Å². The summed E-state index contributed by atoms with van der Waals surface area (Å²) in [7, 11) is 0. The number of carbonyl (C=O) groups excluding carboxylic acids is 1. The first-order chi connectivity index (χ1) is 8.70. The van der Waals surface area contributed by atoms with Gasteiger partial charge in [-0.1, -0.05) is 11.6 Å². The topological polar surface area (TPSA) is 82.7 Å². The fourth-order valence-electron chi connectivity index (χ4n) is 1.37. The van der Waals surface area contributed by atoms with E-state index in [0.29, 0.717) is 28.9 Å². The molecule has 18 heavy (non-hydrogen) atoms. The highest BCUT2D eigenvalue weighted by Gasteiger charge is 2.10. The summed E-state index contributed by atoms with van der Waals surface area (Å²) in [4.78, 5) is 22.6. The van der Waals surface area contributed by atoms with Gasteiger partial charge in [-0.15, -0.1) is 0 Å². The number of nitrogens with zero attached hydrogens (tertiary/aromatic N) is 2. The molecule has 2 aromatic heterocycles. The number of pyridine rings is 1. The minimum Gasteiger partial charge on any atom is -0.369 e. The van der Waals surface area contributed by atoms with Gasteiger partial charge in [-0.05, 0) is 13.0 Å². The predicted molar refractivity (Wildman–Crippen MR) is 70.0 cm³/mol. The van der Waals surface area contributed by atoms with Crippen LogP contribution in [0.5, 0.6) is 0 Å². The van der Waals surface area contributed by atoms with Gasteiger partial charge >= 0.3 is 0 Å². The maximum atomic E-state index is 11.8. The second-order valence-electron chi connectivity index (χ2n) is 3.48. The Morgan fingerprint density at radius 1 is 1.50 bits per heavy atom. The Morgan fingerprint density at radius 2 is 2.33 bits per heavy atom. The van der Waals surface area contributed by atoms with Crippen molar-refractivity contribution in [1.82, 2.24) is 15.0 Å². The van der Waals surface area contributed by atoms with Crippen LogP contribution in [0, 0.1) is 0 Å². The number of aromatic nitrogens is 3. The SMILES string of the molecule is CCNc1ncc(C(=O)Nc2ncc[nH]2)cc1Cl. The van der Waals surface area contributed by atoms with Crippen LogP contribution >= 0.6 is 11.6 Å². The number of amides is 1. The third-order valence-electron chi connectivity index (χ3n) is 2.18. The van der Waals surface area contributed by atoms with E-state index in [9.17, 15) is 4.79 Å². The number of aromatic amines is 1. The number of anilines is 2. The lowest BCUT2D eigenvalue weighted by Gasteiger charge is -2.06. The molecular weight excluding hydrogens is 254 g/mol. The van der Waals surface area contributed by atoms with Gasteiger partial charge in [-0.2, -0.15) is 0 Å². The van der Waals surface area contributed by atoms with E-state index in [-0.39, 0.29) is 5.91 Å². The zero-order valence-electron chi connectivity index (χ0n) is 9.70. The van der Waals surface area contributed by atoms with Gasteiger partial charge in [-0.25, -0.2) is 9.97 Å². The monoisotopic (exact) mass is 265 g/mol. The normalized spacial score (nSPS) is 10.1. The molecule has 0 radical (unpaired) electrons. The molecule has 0 unspecified atom stereocenters. The van der Waals surface area contributed by atoms with Gasteiger partial charge in [0, 0.05) is 25.1 Å². The minimum atomic E-state index is -0.317. The maximum Gasteiger partial charge on any atom is 0.259 e. The number of H-pyrrole nitrogens is 1. The summed E-state index contributed by atoms with van der Waals surface area (Å²) >= 11 is 6.01. The van der Waals surface area contributed by atoms with Crippen molar-refractivity contribution in [1.29, 1.82) is 0 Å². The molecule has 0 aliphatic carbocycles. The Hall–Kier alpha value is -2.08. The number of rotatable bonds is 4. The van der Waals surface area contributed by atoms with Crippen LogP contribution in [0.25, 0.3) is 0 Å². The molecule has 1 amide bonds. The Morgan fingerprint density at radius 3 is 2.94 bits per heavy atom. The molecule has 0 fully saturated rings. The van der Waals surface area contributed by atoms with Crippen molar-refractivity contribution in [2.75, 3.05) is 17.2 Å². The smallest absolute Gasteiger partial charge is 0.259 e. The molecule has 94 valence electrons. The van der Waals surface area contributed by atoms with Crippen LogP contribution in [-0.4, -0.2) is 27.4 Å². The molecule has 7 heteroatoms. The first kappa shape index (κ1) is 12.4. The zero-order valence-corrected chi connectivity index (χ0v) is 10.5. The van der Waals surface area contributed by atoms with Gasteiger partial charge in [0.1, 0.15) is 5.82 Å². The lowest BCUT2D eigenvalue weighted by molar-refractivity contribution is 0.102. The van der Waals surface area contributed by atoms with E-state index in [2.05, 4.69) is 25.6 Å². The molecule has 2 heterocycles. The Bertz CT molecular complexity index is 540. The Balaban J connectivity index is 2.13. The highest BCUT2D eigenvalue weighted by atomic mass is 35.5. The van der Waals surface area contributed by atoms with Crippen molar-refractivity contribution in [3.63, 3.8) is 0 Å². The largest absolute Gasteiger partial charge is 0.369 e. The molecule has 2 rings (SSSR count). The molecule has 0 saturated carbocycles. The maximum absolute atomic E-state index is 11.8. The standard InChI is InChI=1S/C11H12ClN5O/c1-2-13-9-8(12)5-7(6-16-9)10(18)17-11-14-3-4-15-11/h3-6H,2H2,1H3,(H,13,16)(H2,14,15,17,18). The quantitative estimate of drug-likeness (QED) is 0.791. The van der Waals surface area contributed by atoms with Crippen LogP contribution < -0.4 is 10.6 Å². The summed E-state index contributed by atoms with van der Waals surface area (Å²) in [5.41, 5.74) is 0.373. The van der Waals surface area contributed by atoms with Crippen LogP contribution in [0.4, 0.5) is 11.8 Å². The summed E-state index contributed by atoms with van der Waals surface area (Å²) in [6, 6.07) is 1.56. The van der Waals surface area contributed by atoms with Crippen LogP contribution in [0.1, 0.15) is 17.3 Å². The molecule has 2 aromatic rings. The molecule has 3 N–H and O–H groups in total. The third-order valence-corrected chi connectivity index (χ3v) is 2.47. The molecule has 0 aliphatic rings. The molecule has 0 aromatic carbocycles. The van der Waals surface area contributed by atoms with Crippen molar-refractivity contribution < 1.29 is 4.79 Å². The second-order valence-corrected chi connectivity index (χ2v) is 3.88. The number of halogens is 1.